The van der Waals surface area contributed by atoms with Crippen LogP contribution in [-0.2, 0) is 4.74 Å². The number of thioether (sulfide) groups is 1. The molecule has 3 heteroatoms. The van der Waals surface area contributed by atoms with Gasteiger partial charge in [0.2, 0.25) is 0 Å². The summed E-state index contributed by atoms with van der Waals surface area (Å²) in [7, 11) is 1.77. The fourth-order valence-corrected chi connectivity index (χ4v) is 2.55. The zero-order valence-corrected chi connectivity index (χ0v) is 9.20. The second kappa shape index (κ2) is 3.99. The topological polar surface area (TPSA) is 21.3 Å². The maximum Gasteiger partial charge on any atom is 0.0878 e. The third kappa shape index (κ3) is 2.15. The molecule has 72 valence electrons. The summed E-state index contributed by atoms with van der Waals surface area (Å²) in [4.78, 5) is 0.112. The Morgan fingerprint density at radius 3 is 2.75 bits per heavy atom. The van der Waals surface area contributed by atoms with Crippen molar-refractivity contribution in [2.45, 2.75) is 31.7 Å². The van der Waals surface area contributed by atoms with Crippen LogP contribution in [0.4, 0.5) is 0 Å². The number of hydrogen-bond acceptors (Lipinski definition) is 3. The van der Waals surface area contributed by atoms with Gasteiger partial charge in [-0.25, -0.2) is 0 Å². The first-order valence-electron chi connectivity index (χ1n) is 4.50. The number of methoxy groups -OCH3 is 1. The third-order valence-corrected chi connectivity index (χ3v) is 4.41. The molecule has 1 aliphatic rings. The second-order valence-corrected chi connectivity index (χ2v) is 5.25. The molecule has 1 aliphatic heterocycles. The number of hydrogen-bond donors (Lipinski definition) is 1. The summed E-state index contributed by atoms with van der Waals surface area (Å²) >= 11 is 1.97. The standard InChI is InChI=1S/C9H19NOS/c1-7-5-10-9(3,12-6-7)8(2)11-4/h7-8,10H,5-6H2,1-4H3. The van der Waals surface area contributed by atoms with Gasteiger partial charge >= 0.3 is 0 Å². The molecule has 1 saturated heterocycles. The number of ether oxygens (including phenoxy) is 1. The van der Waals surface area contributed by atoms with E-state index in [-0.39, 0.29) is 11.0 Å². The molecule has 0 aromatic heterocycles. The van der Waals surface area contributed by atoms with E-state index < -0.39 is 0 Å². The lowest BCUT2D eigenvalue weighted by atomic mass is 10.1. The zero-order valence-electron chi connectivity index (χ0n) is 8.39. The molecule has 12 heavy (non-hydrogen) atoms. The van der Waals surface area contributed by atoms with E-state index in [0.717, 1.165) is 12.5 Å². The van der Waals surface area contributed by atoms with Crippen LogP contribution >= 0.6 is 11.8 Å². The van der Waals surface area contributed by atoms with E-state index in [1.165, 1.54) is 5.75 Å². The average molecular weight is 189 g/mol. The van der Waals surface area contributed by atoms with Crippen molar-refractivity contribution in [2.24, 2.45) is 5.92 Å². The first-order chi connectivity index (χ1) is 5.58. The summed E-state index contributed by atoms with van der Waals surface area (Å²) in [6.45, 7) is 7.72. The van der Waals surface area contributed by atoms with E-state index in [2.05, 4.69) is 26.1 Å². The molecule has 0 amide bonds. The highest BCUT2D eigenvalue weighted by Crippen LogP contribution is 2.32. The van der Waals surface area contributed by atoms with Crippen LogP contribution in [0, 0.1) is 5.92 Å². The van der Waals surface area contributed by atoms with Crippen molar-refractivity contribution in [2.75, 3.05) is 19.4 Å². The van der Waals surface area contributed by atoms with Gasteiger partial charge in [0.1, 0.15) is 0 Å². The SMILES string of the molecule is COC(C)C1(C)NCC(C)CS1. The first-order valence-corrected chi connectivity index (χ1v) is 5.49. The maximum absolute atomic E-state index is 5.34. The third-order valence-electron chi connectivity index (χ3n) is 2.60. The summed E-state index contributed by atoms with van der Waals surface area (Å²) < 4.78 is 5.34. The van der Waals surface area contributed by atoms with Crippen LogP contribution in [0.5, 0.6) is 0 Å². The van der Waals surface area contributed by atoms with Crippen LogP contribution in [-0.4, -0.2) is 30.4 Å². The molecule has 1 N–H and O–H groups in total. The molecule has 0 aromatic rings. The molecule has 3 atom stereocenters. The molecule has 0 spiro atoms. The van der Waals surface area contributed by atoms with Crippen LogP contribution in [0.3, 0.4) is 0 Å². The van der Waals surface area contributed by atoms with Gasteiger partial charge in [0.05, 0.1) is 11.0 Å². The predicted molar refractivity (Wildman–Crippen MR) is 54.5 cm³/mol. The second-order valence-electron chi connectivity index (χ2n) is 3.78. The van der Waals surface area contributed by atoms with Crippen molar-refractivity contribution in [3.05, 3.63) is 0 Å². The molecule has 0 radical (unpaired) electrons. The molecule has 0 bridgehead atoms. The van der Waals surface area contributed by atoms with Gasteiger partial charge in [-0.05, 0) is 32.1 Å². The van der Waals surface area contributed by atoms with Crippen LogP contribution in [0.1, 0.15) is 20.8 Å². The highest BCUT2D eigenvalue weighted by Gasteiger charge is 2.35. The zero-order chi connectivity index (χ0) is 9.19. The molecule has 1 heterocycles. The predicted octanol–water partition coefficient (Wildman–Crippen LogP) is 1.71. The Kier molecular flexibility index (Phi) is 3.44. The van der Waals surface area contributed by atoms with Crippen LogP contribution in [0.2, 0.25) is 0 Å². The molecule has 0 aromatic carbocycles. The minimum absolute atomic E-state index is 0.112. The maximum atomic E-state index is 5.34. The van der Waals surface area contributed by atoms with Crippen molar-refractivity contribution < 1.29 is 4.74 Å². The van der Waals surface area contributed by atoms with Crippen LogP contribution in [0.15, 0.2) is 0 Å². The lowest BCUT2D eigenvalue weighted by Gasteiger charge is -2.40. The minimum atomic E-state index is 0.112. The van der Waals surface area contributed by atoms with Crippen molar-refractivity contribution in [1.29, 1.82) is 0 Å². The quantitative estimate of drug-likeness (QED) is 0.714. The van der Waals surface area contributed by atoms with Gasteiger partial charge in [-0.2, -0.15) is 0 Å². The monoisotopic (exact) mass is 189 g/mol. The lowest BCUT2D eigenvalue weighted by Crippen LogP contribution is -2.53. The molecule has 0 aliphatic carbocycles. The smallest absolute Gasteiger partial charge is 0.0878 e. The number of nitrogens with one attached hydrogen (secondary N) is 1. The minimum Gasteiger partial charge on any atom is -0.379 e. The van der Waals surface area contributed by atoms with Crippen molar-refractivity contribution in [1.82, 2.24) is 5.32 Å². The highest BCUT2D eigenvalue weighted by molar-refractivity contribution is 8.00. The summed E-state index contributed by atoms with van der Waals surface area (Å²) in [5.41, 5.74) is 0. The Labute approximate surface area is 79.4 Å². The Balaban J connectivity index is 2.49. The van der Waals surface area contributed by atoms with Gasteiger partial charge in [-0.1, -0.05) is 6.92 Å². The van der Waals surface area contributed by atoms with Gasteiger partial charge in [0.15, 0.2) is 0 Å². The van der Waals surface area contributed by atoms with E-state index in [9.17, 15) is 0 Å². The van der Waals surface area contributed by atoms with Crippen molar-refractivity contribution in [3.63, 3.8) is 0 Å². The van der Waals surface area contributed by atoms with E-state index in [1.54, 1.807) is 7.11 Å². The van der Waals surface area contributed by atoms with E-state index in [0.29, 0.717) is 0 Å². The molecule has 1 fully saturated rings. The first kappa shape index (κ1) is 10.4. The fraction of sp³-hybridized carbons (Fsp3) is 1.00. The average Bonchev–Trinajstić information content (AvgIpc) is 2.09. The molecular formula is C9H19NOS. The van der Waals surface area contributed by atoms with Gasteiger partial charge < -0.3 is 10.1 Å². The van der Waals surface area contributed by atoms with Gasteiger partial charge in [0.25, 0.3) is 0 Å². The Bertz CT molecular complexity index is 143. The fourth-order valence-electron chi connectivity index (χ4n) is 1.29. The Morgan fingerprint density at radius 2 is 2.33 bits per heavy atom. The highest BCUT2D eigenvalue weighted by atomic mass is 32.2. The number of rotatable bonds is 2. The van der Waals surface area contributed by atoms with E-state index in [1.807, 2.05) is 11.8 Å². The molecule has 3 unspecified atom stereocenters. The molecule has 1 rings (SSSR count). The molecule has 2 nitrogen and oxygen atoms in total. The van der Waals surface area contributed by atoms with E-state index in [4.69, 9.17) is 4.74 Å². The van der Waals surface area contributed by atoms with Gasteiger partial charge in [0, 0.05) is 7.11 Å². The van der Waals surface area contributed by atoms with Gasteiger partial charge in [-0.15, -0.1) is 11.8 Å². The van der Waals surface area contributed by atoms with E-state index >= 15 is 0 Å². The molecule has 0 saturated carbocycles. The largest absolute Gasteiger partial charge is 0.379 e. The summed E-state index contributed by atoms with van der Waals surface area (Å²) in [6.07, 6.45) is 0.273. The van der Waals surface area contributed by atoms with Crippen LogP contribution < -0.4 is 5.32 Å². The summed E-state index contributed by atoms with van der Waals surface area (Å²) in [6, 6.07) is 0. The van der Waals surface area contributed by atoms with Crippen LogP contribution in [0.25, 0.3) is 0 Å². The Morgan fingerprint density at radius 1 is 1.67 bits per heavy atom. The molecular weight excluding hydrogens is 170 g/mol. The summed E-state index contributed by atoms with van der Waals surface area (Å²) in [5, 5.41) is 3.53. The summed E-state index contributed by atoms with van der Waals surface area (Å²) in [5.74, 6) is 2.02. The van der Waals surface area contributed by atoms with Gasteiger partial charge in [-0.3, -0.25) is 0 Å². The Hall–Kier alpha value is 0.270. The van der Waals surface area contributed by atoms with Crippen molar-refractivity contribution in [3.8, 4) is 0 Å². The lowest BCUT2D eigenvalue weighted by molar-refractivity contribution is 0.0733. The normalized spacial score (nSPS) is 39.5. The van der Waals surface area contributed by atoms with Crippen molar-refractivity contribution >= 4 is 11.8 Å².